The van der Waals surface area contributed by atoms with Crippen molar-refractivity contribution in [2.75, 3.05) is 13.2 Å². The molecule has 1 aromatic rings. The van der Waals surface area contributed by atoms with Crippen molar-refractivity contribution in [3.05, 3.63) is 35.9 Å². The third-order valence-corrected chi connectivity index (χ3v) is 1.86. The third kappa shape index (κ3) is 2.38. The lowest BCUT2D eigenvalue weighted by Gasteiger charge is -2.22. The number of Topliss-reactive ketones (excluding diaryl/α,β-unsaturated/α-hetero) is 1. The highest BCUT2D eigenvalue weighted by Crippen LogP contribution is 2.20. The van der Waals surface area contributed by atoms with Gasteiger partial charge in [-0.2, -0.15) is 0 Å². The van der Waals surface area contributed by atoms with Crippen molar-refractivity contribution in [3.63, 3.8) is 0 Å². The maximum atomic E-state index is 10.8. The Bertz CT molecular complexity index is 286. The molecular weight excluding hydrogens is 184 g/mol. The molecule has 1 aromatic carbocycles. The van der Waals surface area contributed by atoms with Crippen LogP contribution in [0, 0.1) is 0 Å². The number of ether oxygens (including phenoxy) is 2. The summed E-state index contributed by atoms with van der Waals surface area (Å²) in [6, 6.07) is 9.59. The maximum absolute atomic E-state index is 10.8. The lowest BCUT2D eigenvalue weighted by Crippen LogP contribution is -2.26. The van der Waals surface area contributed by atoms with Crippen LogP contribution in [0.3, 0.4) is 0 Å². The zero-order chi connectivity index (χ0) is 9.10. The highest BCUT2D eigenvalue weighted by molar-refractivity contribution is 5.81. The number of hydrogen-bond acceptors (Lipinski definition) is 3. The summed E-state index contributed by atoms with van der Waals surface area (Å²) in [6.07, 6.45) is -0.376. The van der Waals surface area contributed by atoms with Gasteiger partial charge in [0.25, 0.3) is 0 Å². The molecule has 0 bridgehead atoms. The van der Waals surface area contributed by atoms with E-state index < -0.39 is 0 Å². The van der Waals surface area contributed by atoms with Crippen molar-refractivity contribution in [1.82, 2.24) is 0 Å². The van der Waals surface area contributed by atoms with E-state index in [0.717, 1.165) is 5.56 Å². The first-order chi connectivity index (χ1) is 6.36. The summed E-state index contributed by atoms with van der Waals surface area (Å²) >= 11 is 0. The van der Waals surface area contributed by atoms with Gasteiger partial charge < -0.3 is 14.9 Å². The van der Waals surface area contributed by atoms with Gasteiger partial charge in [0.15, 0.2) is 12.1 Å². The minimum absolute atomic E-state index is 0. The number of ketones is 1. The van der Waals surface area contributed by atoms with Gasteiger partial charge in [0.2, 0.25) is 0 Å². The van der Waals surface area contributed by atoms with Gasteiger partial charge >= 0.3 is 0 Å². The van der Waals surface area contributed by atoms with Crippen LogP contribution in [0.2, 0.25) is 0 Å². The summed E-state index contributed by atoms with van der Waals surface area (Å²) in [5.74, 6) is -0.00724. The SMILES string of the molecule is O.O=C1COC(c2ccccc2)OC1. The van der Waals surface area contributed by atoms with Crippen LogP contribution in [0.4, 0.5) is 0 Å². The van der Waals surface area contributed by atoms with Crippen molar-refractivity contribution in [3.8, 4) is 0 Å². The monoisotopic (exact) mass is 196 g/mol. The molecule has 1 saturated heterocycles. The Kier molecular flexibility index (Phi) is 3.76. The molecule has 0 atom stereocenters. The van der Waals surface area contributed by atoms with Gasteiger partial charge in [-0.25, -0.2) is 0 Å². The number of hydrogen-bond donors (Lipinski definition) is 0. The van der Waals surface area contributed by atoms with E-state index in [2.05, 4.69) is 0 Å². The molecule has 0 aliphatic carbocycles. The second-order valence-electron chi connectivity index (χ2n) is 2.90. The van der Waals surface area contributed by atoms with Gasteiger partial charge in [-0.15, -0.1) is 0 Å². The van der Waals surface area contributed by atoms with E-state index in [1.165, 1.54) is 0 Å². The van der Waals surface area contributed by atoms with Gasteiger partial charge in [-0.05, 0) is 0 Å². The van der Waals surface area contributed by atoms with E-state index in [1.807, 2.05) is 30.3 Å². The predicted octanol–water partition coefficient (Wildman–Crippen LogP) is 0.476. The number of carbonyl (C=O) groups is 1. The lowest BCUT2D eigenvalue weighted by atomic mass is 10.2. The van der Waals surface area contributed by atoms with Crippen LogP contribution in [0.15, 0.2) is 30.3 Å². The molecule has 1 aliphatic rings. The molecule has 76 valence electrons. The first-order valence-corrected chi connectivity index (χ1v) is 4.16. The smallest absolute Gasteiger partial charge is 0.184 e. The molecule has 4 nitrogen and oxygen atoms in total. The van der Waals surface area contributed by atoms with Crippen molar-refractivity contribution < 1.29 is 19.7 Å². The van der Waals surface area contributed by atoms with E-state index in [-0.39, 0.29) is 30.8 Å². The highest BCUT2D eigenvalue weighted by atomic mass is 16.7. The minimum atomic E-state index is -0.376. The predicted molar refractivity (Wildman–Crippen MR) is 49.7 cm³/mol. The van der Waals surface area contributed by atoms with Crippen LogP contribution in [0.1, 0.15) is 11.9 Å². The second kappa shape index (κ2) is 4.85. The normalized spacial score (nSPS) is 17.6. The van der Waals surface area contributed by atoms with Crippen molar-refractivity contribution in [2.45, 2.75) is 6.29 Å². The lowest BCUT2D eigenvalue weighted by molar-refractivity contribution is -0.188. The highest BCUT2D eigenvalue weighted by Gasteiger charge is 2.20. The van der Waals surface area contributed by atoms with Crippen LogP contribution < -0.4 is 0 Å². The molecule has 0 aromatic heterocycles. The van der Waals surface area contributed by atoms with Crippen LogP contribution in [-0.2, 0) is 14.3 Å². The molecular formula is C10H12O4. The second-order valence-corrected chi connectivity index (χ2v) is 2.90. The first-order valence-electron chi connectivity index (χ1n) is 4.16. The molecule has 14 heavy (non-hydrogen) atoms. The number of carbonyl (C=O) groups excluding carboxylic acids is 1. The van der Waals surface area contributed by atoms with Gasteiger partial charge in [0.05, 0.1) is 0 Å². The van der Waals surface area contributed by atoms with Crippen LogP contribution in [0.5, 0.6) is 0 Å². The molecule has 0 amide bonds. The topological polar surface area (TPSA) is 67.0 Å². The molecule has 0 unspecified atom stereocenters. The van der Waals surface area contributed by atoms with Gasteiger partial charge in [-0.1, -0.05) is 30.3 Å². The van der Waals surface area contributed by atoms with Crippen LogP contribution in [-0.4, -0.2) is 24.5 Å². The largest absolute Gasteiger partial charge is 0.412 e. The summed E-state index contributed by atoms with van der Waals surface area (Å²) in [5, 5.41) is 0. The Labute approximate surface area is 81.8 Å². The first kappa shape index (κ1) is 10.8. The van der Waals surface area contributed by atoms with E-state index >= 15 is 0 Å². The Morgan fingerprint density at radius 2 is 1.64 bits per heavy atom. The molecule has 4 heteroatoms. The van der Waals surface area contributed by atoms with Crippen LogP contribution >= 0.6 is 0 Å². The summed E-state index contributed by atoms with van der Waals surface area (Å²) < 4.78 is 10.4. The number of rotatable bonds is 1. The average molecular weight is 196 g/mol. The molecule has 1 heterocycles. The Morgan fingerprint density at radius 1 is 1.07 bits per heavy atom. The van der Waals surface area contributed by atoms with E-state index in [0.29, 0.717) is 0 Å². The molecule has 1 aliphatic heterocycles. The summed E-state index contributed by atoms with van der Waals surface area (Å²) in [7, 11) is 0. The Balaban J connectivity index is 0.000000980. The van der Waals surface area contributed by atoms with E-state index in [1.54, 1.807) is 0 Å². The molecule has 0 spiro atoms. The fourth-order valence-corrected chi connectivity index (χ4v) is 1.23. The zero-order valence-corrected chi connectivity index (χ0v) is 7.60. The molecule has 0 saturated carbocycles. The maximum Gasteiger partial charge on any atom is 0.184 e. The Hall–Kier alpha value is -1.23. The van der Waals surface area contributed by atoms with Crippen LogP contribution in [0.25, 0.3) is 0 Å². The van der Waals surface area contributed by atoms with Crippen molar-refractivity contribution in [2.24, 2.45) is 0 Å². The van der Waals surface area contributed by atoms with E-state index in [4.69, 9.17) is 9.47 Å². The van der Waals surface area contributed by atoms with Crippen molar-refractivity contribution in [1.29, 1.82) is 0 Å². The fourth-order valence-electron chi connectivity index (χ4n) is 1.23. The van der Waals surface area contributed by atoms with Gasteiger partial charge in [-0.3, -0.25) is 4.79 Å². The fraction of sp³-hybridized carbons (Fsp3) is 0.300. The summed E-state index contributed by atoms with van der Waals surface area (Å²) in [4.78, 5) is 10.8. The Morgan fingerprint density at radius 3 is 2.21 bits per heavy atom. The molecule has 0 radical (unpaired) electrons. The molecule has 2 rings (SSSR count). The standard InChI is InChI=1S/C10H10O3.H2O/c11-9-6-12-10(13-7-9)8-4-2-1-3-5-8;/h1-5,10H,6-7H2;1H2. The summed E-state index contributed by atoms with van der Waals surface area (Å²) in [6.45, 7) is 0.305. The average Bonchev–Trinajstić information content (AvgIpc) is 2.20. The minimum Gasteiger partial charge on any atom is -0.412 e. The van der Waals surface area contributed by atoms with Gasteiger partial charge in [0.1, 0.15) is 13.2 Å². The van der Waals surface area contributed by atoms with Gasteiger partial charge in [0, 0.05) is 5.56 Å². The third-order valence-electron chi connectivity index (χ3n) is 1.86. The molecule has 1 fully saturated rings. The summed E-state index contributed by atoms with van der Waals surface area (Å²) in [5.41, 5.74) is 0.954. The number of benzene rings is 1. The quantitative estimate of drug-likeness (QED) is 0.656. The molecule has 2 N–H and O–H groups in total. The zero-order valence-electron chi connectivity index (χ0n) is 7.60. The van der Waals surface area contributed by atoms with E-state index in [9.17, 15) is 4.79 Å². The van der Waals surface area contributed by atoms with Crippen molar-refractivity contribution >= 4 is 5.78 Å².